The number of carbonyl (C=O) groups excluding carboxylic acids is 1. The third kappa shape index (κ3) is 4.01. The molecule has 0 aliphatic heterocycles. The van der Waals surface area contributed by atoms with Gasteiger partial charge in [0.25, 0.3) is 0 Å². The fraction of sp³-hybridized carbons (Fsp3) is 0.143. The minimum Gasteiger partial charge on any atom is -0.472 e. The smallest absolute Gasteiger partial charge is 0.420 e. The van der Waals surface area contributed by atoms with E-state index in [0.29, 0.717) is 23.2 Å². The van der Waals surface area contributed by atoms with E-state index in [4.69, 9.17) is 10.2 Å². The van der Waals surface area contributed by atoms with Crippen LogP contribution in [0.15, 0.2) is 65.7 Å². The van der Waals surface area contributed by atoms with Gasteiger partial charge in [-0.05, 0) is 23.3 Å². The molecule has 0 aliphatic carbocycles. The standard InChI is InChI=1S/C21H16F3N3O2/c22-21(23,24)18-9-16(15-4-5-29-12-15)10-27-11-17(26-20(18)27)7-13-2-1-3-14(6-13)8-19(25)28/h1-6,9-12H,7-8H2,(H2,25,28). The SMILES string of the molecule is NC(=O)Cc1cccc(Cc2cn3cc(-c4ccoc4)cc(C(F)(F)F)c3n2)c1. The highest BCUT2D eigenvalue weighted by atomic mass is 19.4. The van der Waals surface area contributed by atoms with Crippen LogP contribution in [0, 0.1) is 0 Å². The molecule has 0 spiro atoms. The minimum atomic E-state index is -4.55. The van der Waals surface area contributed by atoms with Gasteiger partial charge in [-0.15, -0.1) is 0 Å². The number of carbonyl (C=O) groups is 1. The van der Waals surface area contributed by atoms with Gasteiger partial charge in [0, 0.05) is 29.9 Å². The number of aromatic nitrogens is 2. The number of fused-ring (bicyclic) bond motifs is 1. The van der Waals surface area contributed by atoms with E-state index in [2.05, 4.69) is 4.98 Å². The number of benzene rings is 1. The Labute approximate surface area is 163 Å². The van der Waals surface area contributed by atoms with Gasteiger partial charge in [0.2, 0.25) is 5.91 Å². The lowest BCUT2D eigenvalue weighted by Crippen LogP contribution is -2.13. The lowest BCUT2D eigenvalue weighted by Gasteiger charge is -2.10. The van der Waals surface area contributed by atoms with E-state index in [0.717, 1.165) is 17.2 Å². The van der Waals surface area contributed by atoms with E-state index < -0.39 is 17.6 Å². The number of furan rings is 1. The van der Waals surface area contributed by atoms with Crippen LogP contribution in [0.2, 0.25) is 0 Å². The summed E-state index contributed by atoms with van der Waals surface area (Å²) in [6.07, 6.45) is 1.85. The van der Waals surface area contributed by atoms with E-state index in [1.54, 1.807) is 36.7 Å². The van der Waals surface area contributed by atoms with Crippen LogP contribution in [0.1, 0.15) is 22.4 Å². The molecule has 0 radical (unpaired) electrons. The molecule has 0 unspecified atom stereocenters. The first-order valence-corrected chi connectivity index (χ1v) is 8.77. The van der Waals surface area contributed by atoms with E-state index in [-0.39, 0.29) is 12.1 Å². The molecule has 3 aromatic heterocycles. The molecule has 4 aromatic rings. The van der Waals surface area contributed by atoms with E-state index in [1.165, 1.54) is 16.9 Å². The fourth-order valence-electron chi connectivity index (χ4n) is 3.29. The summed E-state index contributed by atoms with van der Waals surface area (Å²) < 4.78 is 47.3. The number of imidazole rings is 1. The monoisotopic (exact) mass is 399 g/mol. The van der Waals surface area contributed by atoms with E-state index >= 15 is 0 Å². The van der Waals surface area contributed by atoms with Crippen LogP contribution in [0.4, 0.5) is 13.2 Å². The summed E-state index contributed by atoms with van der Waals surface area (Å²) in [5, 5.41) is 0. The lowest BCUT2D eigenvalue weighted by molar-refractivity contribution is -0.136. The van der Waals surface area contributed by atoms with Gasteiger partial charge in [-0.25, -0.2) is 4.98 Å². The topological polar surface area (TPSA) is 73.5 Å². The molecule has 5 nitrogen and oxygen atoms in total. The predicted octanol–water partition coefficient (Wildman–Crippen LogP) is 4.23. The van der Waals surface area contributed by atoms with Gasteiger partial charge >= 0.3 is 6.18 Å². The molecule has 0 saturated carbocycles. The van der Waals surface area contributed by atoms with Crippen molar-refractivity contribution in [2.75, 3.05) is 0 Å². The molecule has 0 aliphatic rings. The van der Waals surface area contributed by atoms with Crippen LogP contribution in [-0.4, -0.2) is 15.3 Å². The van der Waals surface area contributed by atoms with Crippen molar-refractivity contribution in [2.45, 2.75) is 19.0 Å². The second kappa shape index (κ2) is 7.12. The zero-order valence-corrected chi connectivity index (χ0v) is 15.1. The van der Waals surface area contributed by atoms with E-state index in [9.17, 15) is 18.0 Å². The number of hydrogen-bond donors (Lipinski definition) is 1. The fourth-order valence-corrected chi connectivity index (χ4v) is 3.29. The highest BCUT2D eigenvalue weighted by Crippen LogP contribution is 2.35. The number of nitrogens with zero attached hydrogens (tertiary/aromatic N) is 2. The number of primary amides is 1. The van der Waals surface area contributed by atoms with Gasteiger partial charge in [-0.1, -0.05) is 24.3 Å². The summed E-state index contributed by atoms with van der Waals surface area (Å²) in [5.74, 6) is -0.448. The Kier molecular flexibility index (Phi) is 4.62. The van der Waals surface area contributed by atoms with Crippen molar-refractivity contribution in [2.24, 2.45) is 5.73 Å². The molecule has 3 heterocycles. The van der Waals surface area contributed by atoms with Crippen LogP contribution in [0.25, 0.3) is 16.8 Å². The van der Waals surface area contributed by atoms with Crippen molar-refractivity contribution in [3.63, 3.8) is 0 Å². The Bertz CT molecular complexity index is 1180. The van der Waals surface area contributed by atoms with Crippen LogP contribution < -0.4 is 5.73 Å². The molecule has 0 fully saturated rings. The van der Waals surface area contributed by atoms with Gasteiger partial charge in [-0.3, -0.25) is 4.79 Å². The molecule has 8 heteroatoms. The number of rotatable bonds is 5. The van der Waals surface area contributed by atoms with Crippen molar-refractivity contribution in [3.8, 4) is 11.1 Å². The third-order valence-corrected chi connectivity index (χ3v) is 4.52. The number of amides is 1. The average molecular weight is 399 g/mol. The summed E-state index contributed by atoms with van der Waals surface area (Å²) in [6.45, 7) is 0. The molecule has 1 amide bonds. The van der Waals surface area contributed by atoms with Gasteiger partial charge in [0.05, 0.1) is 30.2 Å². The lowest BCUT2D eigenvalue weighted by atomic mass is 10.0. The molecular formula is C21H16F3N3O2. The largest absolute Gasteiger partial charge is 0.472 e. The highest BCUT2D eigenvalue weighted by Gasteiger charge is 2.34. The molecule has 2 N–H and O–H groups in total. The quantitative estimate of drug-likeness (QED) is 0.546. The van der Waals surface area contributed by atoms with E-state index in [1.807, 2.05) is 6.07 Å². The summed E-state index contributed by atoms with van der Waals surface area (Å²) in [4.78, 5) is 15.3. The Morgan fingerprint density at radius 3 is 2.59 bits per heavy atom. The second-order valence-electron chi connectivity index (χ2n) is 6.76. The summed E-state index contributed by atoms with van der Waals surface area (Å²) in [5.41, 5.74) is 7.24. The Morgan fingerprint density at radius 1 is 1.10 bits per heavy atom. The van der Waals surface area contributed by atoms with Gasteiger partial charge in [0.1, 0.15) is 5.65 Å². The Hall–Kier alpha value is -3.55. The molecule has 0 bridgehead atoms. The molecule has 1 aromatic carbocycles. The number of alkyl halides is 3. The molecule has 0 saturated heterocycles. The summed E-state index contributed by atoms with van der Waals surface area (Å²) in [7, 11) is 0. The Morgan fingerprint density at radius 2 is 1.90 bits per heavy atom. The number of nitrogens with two attached hydrogens (primary N) is 1. The average Bonchev–Trinajstić information content (AvgIpc) is 3.29. The zero-order valence-electron chi connectivity index (χ0n) is 15.1. The summed E-state index contributed by atoms with van der Waals surface area (Å²) >= 11 is 0. The number of hydrogen-bond acceptors (Lipinski definition) is 3. The van der Waals surface area contributed by atoms with Crippen LogP contribution in [0.3, 0.4) is 0 Å². The van der Waals surface area contributed by atoms with Crippen molar-refractivity contribution in [1.29, 1.82) is 0 Å². The zero-order chi connectivity index (χ0) is 20.6. The summed E-state index contributed by atoms with van der Waals surface area (Å²) in [6, 6.07) is 9.86. The van der Waals surface area contributed by atoms with Crippen LogP contribution in [-0.2, 0) is 23.8 Å². The van der Waals surface area contributed by atoms with Crippen molar-refractivity contribution in [1.82, 2.24) is 9.38 Å². The van der Waals surface area contributed by atoms with Gasteiger partial charge < -0.3 is 14.6 Å². The Balaban J connectivity index is 1.75. The molecule has 29 heavy (non-hydrogen) atoms. The number of halogens is 3. The van der Waals surface area contributed by atoms with Crippen LogP contribution >= 0.6 is 0 Å². The van der Waals surface area contributed by atoms with Gasteiger partial charge in [-0.2, -0.15) is 13.2 Å². The predicted molar refractivity (Wildman–Crippen MR) is 100 cm³/mol. The normalized spacial score (nSPS) is 11.8. The third-order valence-electron chi connectivity index (χ3n) is 4.52. The maximum atomic E-state index is 13.6. The molecule has 4 rings (SSSR count). The van der Waals surface area contributed by atoms with Crippen molar-refractivity contribution < 1.29 is 22.4 Å². The first-order valence-electron chi connectivity index (χ1n) is 8.77. The second-order valence-corrected chi connectivity index (χ2v) is 6.76. The van der Waals surface area contributed by atoms with Gasteiger partial charge in [0.15, 0.2) is 0 Å². The maximum Gasteiger partial charge on any atom is 0.420 e. The molecular weight excluding hydrogens is 383 g/mol. The maximum absolute atomic E-state index is 13.6. The minimum absolute atomic E-state index is 0.102. The first-order chi connectivity index (χ1) is 13.8. The molecule has 148 valence electrons. The molecule has 0 atom stereocenters. The van der Waals surface area contributed by atoms with Crippen molar-refractivity contribution >= 4 is 11.6 Å². The van der Waals surface area contributed by atoms with Crippen molar-refractivity contribution in [3.05, 3.63) is 83.7 Å². The highest BCUT2D eigenvalue weighted by molar-refractivity contribution is 5.76. The number of pyridine rings is 1. The van der Waals surface area contributed by atoms with Crippen LogP contribution in [0.5, 0.6) is 0 Å². The first kappa shape index (κ1) is 18.8.